The SMILES string of the molecule is CC(C)(C)c1cnc2oc3ccccc3c2c1. The third kappa shape index (κ3) is 1.60. The zero-order valence-corrected chi connectivity index (χ0v) is 10.3. The van der Waals surface area contributed by atoms with Crippen molar-refractivity contribution < 1.29 is 4.42 Å². The predicted molar refractivity (Wildman–Crippen MR) is 70.2 cm³/mol. The molecule has 0 unspecified atom stereocenters. The fraction of sp³-hybridized carbons (Fsp3) is 0.267. The summed E-state index contributed by atoms with van der Waals surface area (Å²) in [5, 5.41) is 2.24. The highest BCUT2D eigenvalue weighted by Crippen LogP contribution is 2.30. The van der Waals surface area contributed by atoms with E-state index in [-0.39, 0.29) is 5.41 Å². The molecule has 2 heteroatoms. The van der Waals surface area contributed by atoms with E-state index in [1.807, 2.05) is 24.4 Å². The van der Waals surface area contributed by atoms with Crippen LogP contribution in [0.2, 0.25) is 0 Å². The summed E-state index contributed by atoms with van der Waals surface area (Å²) >= 11 is 0. The minimum Gasteiger partial charge on any atom is -0.438 e. The Balaban J connectivity index is 2.38. The lowest BCUT2D eigenvalue weighted by Crippen LogP contribution is -2.10. The second-order valence-electron chi connectivity index (χ2n) is 5.42. The van der Waals surface area contributed by atoms with E-state index in [1.54, 1.807) is 0 Å². The van der Waals surface area contributed by atoms with Crippen LogP contribution in [0.1, 0.15) is 26.3 Å². The number of hydrogen-bond donors (Lipinski definition) is 0. The number of rotatable bonds is 0. The van der Waals surface area contributed by atoms with Gasteiger partial charge in [-0.05, 0) is 23.1 Å². The van der Waals surface area contributed by atoms with Crippen molar-refractivity contribution in [2.45, 2.75) is 26.2 Å². The van der Waals surface area contributed by atoms with Crippen LogP contribution in [0.5, 0.6) is 0 Å². The number of aromatic nitrogens is 1. The maximum Gasteiger partial charge on any atom is 0.227 e. The van der Waals surface area contributed by atoms with E-state index >= 15 is 0 Å². The van der Waals surface area contributed by atoms with E-state index in [1.165, 1.54) is 5.56 Å². The molecule has 3 aromatic rings. The number of para-hydroxylation sites is 1. The predicted octanol–water partition coefficient (Wildman–Crippen LogP) is 4.28. The zero-order chi connectivity index (χ0) is 12.0. The summed E-state index contributed by atoms with van der Waals surface area (Å²) in [4.78, 5) is 4.42. The lowest BCUT2D eigenvalue weighted by Gasteiger charge is -2.17. The van der Waals surface area contributed by atoms with Crippen molar-refractivity contribution in [3.63, 3.8) is 0 Å². The molecule has 2 nitrogen and oxygen atoms in total. The maximum absolute atomic E-state index is 5.71. The van der Waals surface area contributed by atoms with Crippen LogP contribution in [0.15, 0.2) is 40.9 Å². The van der Waals surface area contributed by atoms with Gasteiger partial charge in [0.25, 0.3) is 0 Å². The molecule has 2 aromatic heterocycles. The van der Waals surface area contributed by atoms with Gasteiger partial charge in [0.15, 0.2) is 0 Å². The number of furan rings is 1. The number of hydrogen-bond acceptors (Lipinski definition) is 2. The van der Waals surface area contributed by atoms with Crippen molar-refractivity contribution in [3.8, 4) is 0 Å². The largest absolute Gasteiger partial charge is 0.438 e. The van der Waals surface area contributed by atoms with Gasteiger partial charge < -0.3 is 4.42 Å². The Bertz CT molecular complexity index is 689. The van der Waals surface area contributed by atoms with Crippen molar-refractivity contribution in [3.05, 3.63) is 42.1 Å². The monoisotopic (exact) mass is 225 g/mol. The van der Waals surface area contributed by atoms with Gasteiger partial charge in [0, 0.05) is 17.0 Å². The molecule has 0 aliphatic heterocycles. The van der Waals surface area contributed by atoms with Crippen LogP contribution < -0.4 is 0 Å². The van der Waals surface area contributed by atoms with Crippen LogP contribution in [-0.4, -0.2) is 4.98 Å². The first kappa shape index (κ1) is 10.3. The second-order valence-corrected chi connectivity index (χ2v) is 5.42. The van der Waals surface area contributed by atoms with E-state index in [0.717, 1.165) is 22.1 Å². The fourth-order valence-corrected chi connectivity index (χ4v) is 2.02. The molecule has 0 saturated heterocycles. The lowest BCUT2D eigenvalue weighted by atomic mass is 9.88. The van der Waals surface area contributed by atoms with Gasteiger partial charge in [-0.2, -0.15) is 0 Å². The molecule has 0 bridgehead atoms. The van der Waals surface area contributed by atoms with Gasteiger partial charge in [0.1, 0.15) is 5.58 Å². The Hall–Kier alpha value is -1.83. The Kier molecular flexibility index (Phi) is 2.02. The van der Waals surface area contributed by atoms with Crippen molar-refractivity contribution in [1.29, 1.82) is 0 Å². The number of fused-ring (bicyclic) bond motifs is 3. The molecule has 1 aromatic carbocycles. The summed E-state index contributed by atoms with van der Waals surface area (Å²) in [6.07, 6.45) is 1.91. The average molecular weight is 225 g/mol. The molecule has 2 heterocycles. The normalized spacial score (nSPS) is 12.4. The van der Waals surface area contributed by atoms with E-state index in [9.17, 15) is 0 Å². The highest BCUT2D eigenvalue weighted by Gasteiger charge is 2.16. The Labute approximate surface area is 100 Å². The molecule has 0 fully saturated rings. The third-order valence-corrected chi connectivity index (χ3v) is 3.10. The number of pyridine rings is 1. The molecule has 0 radical (unpaired) electrons. The molecule has 86 valence electrons. The molecule has 0 saturated carbocycles. The van der Waals surface area contributed by atoms with E-state index in [4.69, 9.17) is 4.42 Å². The molecule has 3 rings (SSSR count). The fourth-order valence-electron chi connectivity index (χ4n) is 2.02. The quantitative estimate of drug-likeness (QED) is 0.570. The topological polar surface area (TPSA) is 26.0 Å². The van der Waals surface area contributed by atoms with Crippen molar-refractivity contribution in [1.82, 2.24) is 4.98 Å². The van der Waals surface area contributed by atoms with Gasteiger partial charge in [-0.25, -0.2) is 4.98 Å². The van der Waals surface area contributed by atoms with Gasteiger partial charge in [-0.3, -0.25) is 0 Å². The summed E-state index contributed by atoms with van der Waals surface area (Å²) in [7, 11) is 0. The van der Waals surface area contributed by atoms with Gasteiger partial charge in [-0.1, -0.05) is 39.0 Å². The van der Waals surface area contributed by atoms with Crippen LogP contribution in [0, 0.1) is 0 Å². The van der Waals surface area contributed by atoms with Gasteiger partial charge in [0.2, 0.25) is 5.71 Å². The summed E-state index contributed by atoms with van der Waals surface area (Å²) in [5.74, 6) is 0. The maximum atomic E-state index is 5.71. The van der Waals surface area contributed by atoms with Crippen LogP contribution in [0.4, 0.5) is 0 Å². The standard InChI is InChI=1S/C15H15NO/c1-15(2,3)10-8-12-11-6-4-5-7-13(11)17-14(12)16-9-10/h4-9H,1-3H3. The number of nitrogens with zero attached hydrogens (tertiary/aromatic N) is 1. The van der Waals surface area contributed by atoms with Gasteiger partial charge >= 0.3 is 0 Å². The molecule has 0 aliphatic rings. The first-order chi connectivity index (χ1) is 8.05. The molecule has 0 aliphatic carbocycles. The minimum atomic E-state index is 0.111. The van der Waals surface area contributed by atoms with Crippen molar-refractivity contribution in [2.75, 3.05) is 0 Å². The van der Waals surface area contributed by atoms with Crippen molar-refractivity contribution in [2.24, 2.45) is 0 Å². The molecule has 17 heavy (non-hydrogen) atoms. The van der Waals surface area contributed by atoms with Crippen LogP contribution >= 0.6 is 0 Å². The lowest BCUT2D eigenvalue weighted by molar-refractivity contribution is 0.586. The van der Waals surface area contributed by atoms with Gasteiger partial charge in [-0.15, -0.1) is 0 Å². The minimum absolute atomic E-state index is 0.111. The van der Waals surface area contributed by atoms with E-state index in [2.05, 4.69) is 37.9 Å². The van der Waals surface area contributed by atoms with E-state index in [0.29, 0.717) is 0 Å². The second kappa shape index (κ2) is 3.33. The van der Waals surface area contributed by atoms with Crippen molar-refractivity contribution >= 4 is 22.1 Å². The van der Waals surface area contributed by atoms with E-state index < -0.39 is 0 Å². The Morgan fingerprint density at radius 3 is 2.59 bits per heavy atom. The number of benzene rings is 1. The highest BCUT2D eigenvalue weighted by atomic mass is 16.3. The Morgan fingerprint density at radius 2 is 1.82 bits per heavy atom. The Morgan fingerprint density at radius 1 is 1.06 bits per heavy atom. The van der Waals surface area contributed by atoms with Crippen LogP contribution in [-0.2, 0) is 5.41 Å². The van der Waals surface area contributed by atoms with Crippen LogP contribution in [0.25, 0.3) is 22.1 Å². The molecular weight excluding hydrogens is 210 g/mol. The molecule has 0 amide bonds. The third-order valence-electron chi connectivity index (χ3n) is 3.10. The first-order valence-electron chi connectivity index (χ1n) is 5.83. The molecule has 0 N–H and O–H groups in total. The first-order valence-corrected chi connectivity index (χ1v) is 5.83. The smallest absolute Gasteiger partial charge is 0.227 e. The zero-order valence-electron chi connectivity index (χ0n) is 10.3. The summed E-state index contributed by atoms with van der Waals surface area (Å²) in [6, 6.07) is 10.3. The molecule has 0 spiro atoms. The van der Waals surface area contributed by atoms with Crippen LogP contribution in [0.3, 0.4) is 0 Å². The van der Waals surface area contributed by atoms with Gasteiger partial charge in [0.05, 0.1) is 0 Å². The summed E-state index contributed by atoms with van der Waals surface area (Å²) in [5.41, 5.74) is 2.97. The molecular formula is C15H15NO. The average Bonchev–Trinajstić information content (AvgIpc) is 2.65. The summed E-state index contributed by atoms with van der Waals surface area (Å²) in [6.45, 7) is 6.58. The highest BCUT2D eigenvalue weighted by molar-refractivity contribution is 6.03. The molecule has 0 atom stereocenters. The summed E-state index contributed by atoms with van der Waals surface area (Å²) < 4.78 is 5.71.